The molecule has 2 rings (SSSR count). The van der Waals surface area contributed by atoms with E-state index in [-0.39, 0.29) is 5.54 Å². The molecule has 2 nitrogen and oxygen atoms in total. The first-order valence-electron chi connectivity index (χ1n) is 7.51. The molecule has 1 heterocycles. The van der Waals surface area contributed by atoms with Gasteiger partial charge in [0.15, 0.2) is 0 Å². The first-order valence-corrected chi connectivity index (χ1v) is 8.27. The van der Waals surface area contributed by atoms with Crippen LogP contribution in [0.5, 0.6) is 0 Å². The molecule has 1 aliphatic heterocycles. The second kappa shape index (κ2) is 6.55. The second-order valence-electron chi connectivity index (χ2n) is 5.69. The lowest BCUT2D eigenvalue weighted by molar-refractivity contribution is 0.246. The van der Waals surface area contributed by atoms with Crippen molar-refractivity contribution in [3.05, 3.63) is 28.2 Å². The Balaban J connectivity index is 2.33. The summed E-state index contributed by atoms with van der Waals surface area (Å²) in [5.41, 5.74) is 1.34. The van der Waals surface area contributed by atoms with Crippen LogP contribution in [0, 0.1) is 0 Å². The predicted octanol–water partition coefficient (Wildman–Crippen LogP) is 4.74. The van der Waals surface area contributed by atoms with E-state index < -0.39 is 0 Å². The van der Waals surface area contributed by atoms with Gasteiger partial charge in [-0.1, -0.05) is 44.0 Å². The Hall–Kier alpha value is -0.440. The summed E-state index contributed by atoms with van der Waals surface area (Å²) in [7, 11) is 0. The number of nitrogens with one attached hydrogen (secondary N) is 1. The third kappa shape index (κ3) is 3.24. The largest absolute Gasteiger partial charge is 0.365 e. The number of hydrogen-bond donors (Lipinski definition) is 1. The van der Waals surface area contributed by atoms with Gasteiger partial charge in [0.05, 0.1) is 0 Å². The van der Waals surface area contributed by atoms with E-state index >= 15 is 0 Å². The third-order valence-corrected chi connectivity index (χ3v) is 5.07. The van der Waals surface area contributed by atoms with E-state index in [9.17, 15) is 0 Å². The van der Waals surface area contributed by atoms with Crippen LogP contribution in [0.25, 0.3) is 0 Å². The molecule has 0 bridgehead atoms. The van der Waals surface area contributed by atoms with Crippen LogP contribution in [-0.2, 0) is 0 Å². The molecule has 1 unspecified atom stereocenters. The maximum Gasteiger partial charge on any atom is 0.0441 e. The van der Waals surface area contributed by atoms with Gasteiger partial charge < -0.3 is 10.2 Å². The van der Waals surface area contributed by atoms with Gasteiger partial charge in [-0.3, -0.25) is 0 Å². The Morgan fingerprint density at radius 1 is 1.15 bits per heavy atom. The number of hydrogen-bond acceptors (Lipinski definition) is 2. The van der Waals surface area contributed by atoms with E-state index in [2.05, 4.69) is 31.0 Å². The van der Waals surface area contributed by atoms with Gasteiger partial charge in [-0.05, 0) is 37.5 Å². The molecule has 4 heteroatoms. The van der Waals surface area contributed by atoms with E-state index in [0.717, 1.165) is 38.0 Å². The molecule has 1 aliphatic rings. The Morgan fingerprint density at radius 2 is 1.75 bits per heavy atom. The van der Waals surface area contributed by atoms with E-state index in [4.69, 9.17) is 23.2 Å². The van der Waals surface area contributed by atoms with Crippen LogP contribution in [0.4, 0.5) is 5.69 Å². The Morgan fingerprint density at radius 3 is 2.25 bits per heavy atom. The fourth-order valence-corrected chi connectivity index (χ4v) is 3.57. The minimum absolute atomic E-state index is 0.195. The minimum atomic E-state index is 0.195. The molecule has 1 fully saturated rings. The van der Waals surface area contributed by atoms with Crippen molar-refractivity contribution < 1.29 is 0 Å². The monoisotopic (exact) mass is 314 g/mol. The minimum Gasteiger partial charge on any atom is -0.365 e. The van der Waals surface area contributed by atoms with Gasteiger partial charge in [-0.2, -0.15) is 0 Å². The predicted molar refractivity (Wildman–Crippen MR) is 89.2 cm³/mol. The topological polar surface area (TPSA) is 15.3 Å². The van der Waals surface area contributed by atoms with Crippen LogP contribution in [0.1, 0.15) is 40.0 Å². The molecule has 1 aromatic rings. The highest BCUT2D eigenvalue weighted by molar-refractivity contribution is 6.35. The van der Waals surface area contributed by atoms with Gasteiger partial charge in [-0.25, -0.2) is 0 Å². The molecule has 20 heavy (non-hydrogen) atoms. The fourth-order valence-electron chi connectivity index (χ4n) is 3.05. The maximum atomic E-state index is 6.17. The number of benzene rings is 1. The van der Waals surface area contributed by atoms with Gasteiger partial charge in [-0.15, -0.1) is 0 Å². The van der Waals surface area contributed by atoms with E-state index in [0.29, 0.717) is 16.1 Å². The van der Waals surface area contributed by atoms with E-state index in [1.54, 1.807) is 6.07 Å². The molecule has 0 aliphatic carbocycles. The smallest absolute Gasteiger partial charge is 0.0441 e. The molecule has 0 spiro atoms. The summed E-state index contributed by atoms with van der Waals surface area (Å²) in [6.45, 7) is 8.77. The van der Waals surface area contributed by atoms with Crippen LogP contribution in [0.15, 0.2) is 18.2 Å². The van der Waals surface area contributed by atoms with Crippen molar-refractivity contribution in [3.8, 4) is 0 Å². The molecule has 0 radical (unpaired) electrons. The van der Waals surface area contributed by atoms with Crippen molar-refractivity contribution in [1.29, 1.82) is 0 Å². The lowest BCUT2D eigenvalue weighted by Crippen LogP contribution is -2.64. The molecule has 112 valence electrons. The number of anilines is 1. The zero-order chi connectivity index (χ0) is 14.8. The highest BCUT2D eigenvalue weighted by Gasteiger charge is 2.36. The quantitative estimate of drug-likeness (QED) is 0.863. The molecule has 1 N–H and O–H groups in total. The maximum absolute atomic E-state index is 6.17. The summed E-state index contributed by atoms with van der Waals surface area (Å²) >= 11 is 12.3. The molecular weight excluding hydrogens is 291 g/mol. The van der Waals surface area contributed by atoms with Crippen LogP contribution < -0.4 is 10.2 Å². The van der Waals surface area contributed by atoms with Crippen molar-refractivity contribution in [1.82, 2.24) is 5.32 Å². The van der Waals surface area contributed by atoms with Crippen LogP contribution in [0.3, 0.4) is 0 Å². The van der Waals surface area contributed by atoms with E-state index in [1.807, 2.05) is 12.1 Å². The Kier molecular flexibility index (Phi) is 5.22. The average Bonchev–Trinajstić information content (AvgIpc) is 2.45. The lowest BCUT2D eigenvalue weighted by atomic mass is 9.87. The molecule has 0 amide bonds. The Labute approximate surface area is 132 Å². The van der Waals surface area contributed by atoms with E-state index in [1.165, 1.54) is 0 Å². The van der Waals surface area contributed by atoms with Crippen molar-refractivity contribution in [2.24, 2.45) is 0 Å². The standard InChI is InChI=1S/C16H24Cl2N2/c1-4-14-10-19-16(5-2,6-3)11-20(14)15-8-12(17)7-13(18)9-15/h7-9,14,19H,4-6,10-11H2,1-3H3. The summed E-state index contributed by atoms with van der Waals surface area (Å²) in [6.07, 6.45) is 3.37. The van der Waals surface area contributed by atoms with Gasteiger partial charge in [0.25, 0.3) is 0 Å². The Bertz CT molecular complexity index is 438. The summed E-state index contributed by atoms with van der Waals surface area (Å²) in [5, 5.41) is 5.17. The summed E-state index contributed by atoms with van der Waals surface area (Å²) in [5.74, 6) is 0. The average molecular weight is 315 g/mol. The first kappa shape index (κ1) is 15.9. The number of halogens is 2. The SMILES string of the molecule is CCC1CNC(CC)(CC)CN1c1cc(Cl)cc(Cl)c1. The summed E-state index contributed by atoms with van der Waals surface area (Å²) < 4.78 is 0. The molecule has 0 saturated carbocycles. The highest BCUT2D eigenvalue weighted by Crippen LogP contribution is 2.32. The lowest BCUT2D eigenvalue weighted by Gasteiger charge is -2.48. The third-order valence-electron chi connectivity index (χ3n) is 4.63. The molecule has 0 aromatic heterocycles. The van der Waals surface area contributed by atoms with Crippen LogP contribution in [0.2, 0.25) is 10.0 Å². The van der Waals surface area contributed by atoms with Gasteiger partial charge in [0.1, 0.15) is 0 Å². The van der Waals surface area contributed by atoms with Crippen molar-refractivity contribution >= 4 is 28.9 Å². The zero-order valence-electron chi connectivity index (χ0n) is 12.5. The number of rotatable bonds is 4. The summed E-state index contributed by atoms with van der Waals surface area (Å²) in [4.78, 5) is 2.47. The molecular formula is C16H24Cl2N2. The number of piperazine rings is 1. The van der Waals surface area contributed by atoms with Gasteiger partial charge >= 0.3 is 0 Å². The number of nitrogens with zero attached hydrogens (tertiary/aromatic N) is 1. The molecule has 1 saturated heterocycles. The normalized spacial score (nSPS) is 22.1. The van der Waals surface area contributed by atoms with Crippen molar-refractivity contribution in [3.63, 3.8) is 0 Å². The van der Waals surface area contributed by atoms with Crippen LogP contribution >= 0.6 is 23.2 Å². The van der Waals surface area contributed by atoms with Gasteiger partial charge in [0, 0.05) is 40.4 Å². The highest BCUT2D eigenvalue weighted by atomic mass is 35.5. The first-order chi connectivity index (χ1) is 9.53. The zero-order valence-corrected chi connectivity index (χ0v) is 14.1. The van der Waals surface area contributed by atoms with Crippen molar-refractivity contribution in [2.75, 3.05) is 18.0 Å². The van der Waals surface area contributed by atoms with Crippen molar-refractivity contribution in [2.45, 2.75) is 51.6 Å². The fraction of sp³-hybridized carbons (Fsp3) is 0.625. The molecule has 1 aromatic carbocycles. The molecule has 1 atom stereocenters. The summed E-state index contributed by atoms with van der Waals surface area (Å²) in [6, 6.07) is 6.34. The van der Waals surface area contributed by atoms with Crippen LogP contribution in [-0.4, -0.2) is 24.7 Å². The second-order valence-corrected chi connectivity index (χ2v) is 6.56. The van der Waals surface area contributed by atoms with Gasteiger partial charge in [0.2, 0.25) is 0 Å².